The summed E-state index contributed by atoms with van der Waals surface area (Å²) in [6.45, 7) is 3.95. The summed E-state index contributed by atoms with van der Waals surface area (Å²) >= 11 is 0. The Morgan fingerprint density at radius 1 is 1.28 bits per heavy atom. The number of rotatable bonds is 8. The minimum absolute atomic E-state index is 0.0655. The van der Waals surface area contributed by atoms with Crippen molar-refractivity contribution in [3.63, 3.8) is 0 Å². The molecule has 1 aromatic heterocycles. The van der Waals surface area contributed by atoms with Gasteiger partial charge < -0.3 is 19.9 Å². The maximum atomic E-state index is 13.0. The van der Waals surface area contributed by atoms with E-state index >= 15 is 0 Å². The number of allylic oxidation sites excluding steroid dienone is 1. The summed E-state index contributed by atoms with van der Waals surface area (Å²) in [6.07, 6.45) is 7.50. The van der Waals surface area contributed by atoms with Crippen LogP contribution in [0.2, 0.25) is 0 Å². The number of carbonyl (C=O) groups is 2. The van der Waals surface area contributed by atoms with Gasteiger partial charge in [0.05, 0.1) is 5.52 Å². The lowest BCUT2D eigenvalue weighted by Gasteiger charge is -2.37. The smallest absolute Gasteiger partial charge is 0.286 e. The first-order chi connectivity index (χ1) is 15.5. The lowest BCUT2D eigenvalue weighted by Crippen LogP contribution is -2.43. The molecule has 0 radical (unpaired) electrons. The molecule has 0 spiro atoms. The quantitative estimate of drug-likeness (QED) is 0.653. The topological polar surface area (TPSA) is 89.8 Å². The molecule has 32 heavy (non-hydrogen) atoms. The number of aliphatic hydroxyl groups is 1. The van der Waals surface area contributed by atoms with Crippen molar-refractivity contribution < 1.29 is 24.2 Å². The Morgan fingerprint density at radius 3 is 2.72 bits per heavy atom. The van der Waals surface area contributed by atoms with E-state index in [-0.39, 0.29) is 42.1 Å². The zero-order chi connectivity index (χ0) is 22.7. The van der Waals surface area contributed by atoms with E-state index < -0.39 is 6.29 Å². The number of fused-ring (bicyclic) bond motifs is 1. The Morgan fingerprint density at radius 2 is 2.06 bits per heavy atom. The number of para-hydroxylation sites is 1. The Balaban J connectivity index is 1.78. The van der Waals surface area contributed by atoms with Gasteiger partial charge in [-0.15, -0.1) is 0 Å². The molecule has 3 atom stereocenters. The van der Waals surface area contributed by atoms with Crippen LogP contribution in [-0.2, 0) is 14.3 Å². The van der Waals surface area contributed by atoms with Crippen LogP contribution in [-0.4, -0.2) is 47.0 Å². The van der Waals surface area contributed by atoms with Crippen molar-refractivity contribution in [2.24, 2.45) is 5.92 Å². The molecule has 2 heterocycles. The molecule has 2 aliphatic rings. The fourth-order valence-corrected chi connectivity index (χ4v) is 4.66. The zero-order valence-electron chi connectivity index (χ0n) is 18.8. The molecule has 1 amide bonds. The molecular formula is C25H32N2O5. The normalized spacial score (nSPS) is 23.3. The molecule has 2 N–H and O–H groups in total. The SMILES string of the molecule is CCO[C@@H]1OC(C(=O)NC2CCC2)=C[C@H](c2cn(C(C)=O)c3ccccc23)[C@@H]1CCCO. The van der Waals surface area contributed by atoms with Crippen molar-refractivity contribution in [3.05, 3.63) is 47.9 Å². The van der Waals surface area contributed by atoms with E-state index in [9.17, 15) is 14.7 Å². The molecular weight excluding hydrogens is 408 g/mol. The second-order valence-electron chi connectivity index (χ2n) is 8.62. The van der Waals surface area contributed by atoms with Crippen LogP contribution in [0.3, 0.4) is 0 Å². The molecule has 172 valence electrons. The zero-order valence-corrected chi connectivity index (χ0v) is 18.8. The molecule has 2 aromatic rings. The molecule has 0 bridgehead atoms. The summed E-state index contributed by atoms with van der Waals surface area (Å²) in [5.41, 5.74) is 1.80. The van der Waals surface area contributed by atoms with Crippen LogP contribution in [0.4, 0.5) is 0 Å². The Hall–Kier alpha value is -2.64. The number of aromatic nitrogens is 1. The van der Waals surface area contributed by atoms with E-state index in [2.05, 4.69) is 5.32 Å². The maximum absolute atomic E-state index is 13.0. The van der Waals surface area contributed by atoms with E-state index in [1.165, 1.54) is 0 Å². The van der Waals surface area contributed by atoms with Crippen LogP contribution in [0, 0.1) is 5.92 Å². The summed E-state index contributed by atoms with van der Waals surface area (Å²) in [5, 5.41) is 13.5. The van der Waals surface area contributed by atoms with E-state index in [1.807, 2.05) is 43.5 Å². The average Bonchev–Trinajstić information content (AvgIpc) is 3.15. The van der Waals surface area contributed by atoms with Gasteiger partial charge in [0.15, 0.2) is 5.76 Å². The van der Waals surface area contributed by atoms with Gasteiger partial charge in [0.2, 0.25) is 12.2 Å². The monoisotopic (exact) mass is 440 g/mol. The van der Waals surface area contributed by atoms with Crippen LogP contribution < -0.4 is 5.32 Å². The summed E-state index contributed by atoms with van der Waals surface area (Å²) in [4.78, 5) is 25.3. The van der Waals surface area contributed by atoms with Gasteiger partial charge in [-0.25, -0.2) is 0 Å². The van der Waals surface area contributed by atoms with E-state index in [1.54, 1.807) is 11.5 Å². The molecule has 1 aliphatic heterocycles. The number of amides is 1. The van der Waals surface area contributed by atoms with Crippen molar-refractivity contribution in [1.29, 1.82) is 0 Å². The lowest BCUT2D eigenvalue weighted by atomic mass is 9.80. The second-order valence-corrected chi connectivity index (χ2v) is 8.62. The predicted octanol–water partition coefficient (Wildman–Crippen LogP) is 3.72. The fourth-order valence-electron chi connectivity index (χ4n) is 4.66. The first-order valence-corrected chi connectivity index (χ1v) is 11.6. The number of ether oxygens (including phenoxy) is 2. The highest BCUT2D eigenvalue weighted by Gasteiger charge is 2.39. The van der Waals surface area contributed by atoms with Gasteiger partial charge in [-0.05, 0) is 56.7 Å². The first-order valence-electron chi connectivity index (χ1n) is 11.6. The molecule has 0 saturated heterocycles. The molecule has 7 heteroatoms. The van der Waals surface area contributed by atoms with Crippen molar-refractivity contribution in [2.45, 2.75) is 64.2 Å². The van der Waals surface area contributed by atoms with Gasteiger partial charge in [-0.1, -0.05) is 18.2 Å². The minimum Gasteiger partial charge on any atom is -0.459 e. The fraction of sp³-hybridized carbons (Fsp3) is 0.520. The molecule has 1 fully saturated rings. The van der Waals surface area contributed by atoms with Gasteiger partial charge in [0, 0.05) is 49.6 Å². The highest BCUT2D eigenvalue weighted by molar-refractivity contribution is 5.95. The van der Waals surface area contributed by atoms with Crippen LogP contribution in [0.15, 0.2) is 42.3 Å². The predicted molar refractivity (Wildman–Crippen MR) is 121 cm³/mol. The third-order valence-corrected chi connectivity index (χ3v) is 6.52. The standard InChI is InChI=1S/C25H32N2O5/c1-3-31-25-19(11-7-13-28)20(14-23(32-25)24(30)26-17-8-6-9-17)21-15-27(16(2)29)22-12-5-4-10-18(21)22/h4-5,10,12,14-15,17,19-20,25,28H,3,6-9,11,13H2,1-2H3,(H,26,30)/t19-,20-,25+/m0/s1. The number of hydrogen-bond donors (Lipinski definition) is 2. The highest BCUT2D eigenvalue weighted by Crippen LogP contribution is 2.42. The summed E-state index contributed by atoms with van der Waals surface area (Å²) in [5.74, 6) is -0.326. The number of nitrogens with zero attached hydrogens (tertiary/aromatic N) is 1. The number of carbonyl (C=O) groups excluding carboxylic acids is 2. The van der Waals surface area contributed by atoms with Crippen molar-refractivity contribution in [1.82, 2.24) is 9.88 Å². The van der Waals surface area contributed by atoms with Crippen LogP contribution in [0.25, 0.3) is 10.9 Å². The minimum atomic E-state index is -0.608. The molecule has 7 nitrogen and oxygen atoms in total. The Labute approximate surface area is 188 Å². The van der Waals surface area contributed by atoms with Crippen molar-refractivity contribution in [3.8, 4) is 0 Å². The average molecular weight is 441 g/mol. The molecule has 1 saturated carbocycles. The summed E-state index contributed by atoms with van der Waals surface area (Å²) in [7, 11) is 0. The second kappa shape index (κ2) is 9.88. The number of hydrogen-bond acceptors (Lipinski definition) is 5. The van der Waals surface area contributed by atoms with Crippen molar-refractivity contribution >= 4 is 22.7 Å². The van der Waals surface area contributed by atoms with Crippen LogP contribution in [0.1, 0.15) is 62.2 Å². The summed E-state index contributed by atoms with van der Waals surface area (Å²) < 4.78 is 13.6. The third kappa shape index (κ3) is 4.45. The highest BCUT2D eigenvalue weighted by atomic mass is 16.7. The van der Waals surface area contributed by atoms with E-state index in [4.69, 9.17) is 9.47 Å². The molecule has 0 unspecified atom stereocenters. The van der Waals surface area contributed by atoms with Gasteiger partial charge >= 0.3 is 0 Å². The summed E-state index contributed by atoms with van der Waals surface area (Å²) in [6, 6.07) is 7.99. The van der Waals surface area contributed by atoms with Crippen LogP contribution >= 0.6 is 0 Å². The molecule has 1 aliphatic carbocycles. The molecule has 4 rings (SSSR count). The third-order valence-electron chi connectivity index (χ3n) is 6.52. The lowest BCUT2D eigenvalue weighted by molar-refractivity contribution is -0.167. The maximum Gasteiger partial charge on any atom is 0.286 e. The first kappa shape index (κ1) is 22.6. The van der Waals surface area contributed by atoms with Gasteiger partial charge in [0.25, 0.3) is 5.91 Å². The Bertz CT molecular complexity index is 1010. The van der Waals surface area contributed by atoms with E-state index in [0.717, 1.165) is 35.7 Å². The van der Waals surface area contributed by atoms with Crippen LogP contribution in [0.5, 0.6) is 0 Å². The Kier molecular flexibility index (Phi) is 6.96. The van der Waals surface area contributed by atoms with E-state index in [0.29, 0.717) is 19.4 Å². The van der Waals surface area contributed by atoms with Crippen molar-refractivity contribution in [2.75, 3.05) is 13.2 Å². The number of benzene rings is 1. The van der Waals surface area contributed by atoms with Gasteiger partial charge in [-0.2, -0.15) is 0 Å². The number of nitrogens with one attached hydrogen (secondary N) is 1. The number of aliphatic hydroxyl groups excluding tert-OH is 1. The van der Waals surface area contributed by atoms with Gasteiger partial charge in [0.1, 0.15) is 0 Å². The van der Waals surface area contributed by atoms with Gasteiger partial charge in [-0.3, -0.25) is 14.2 Å². The molecule has 1 aromatic carbocycles. The largest absolute Gasteiger partial charge is 0.459 e.